The van der Waals surface area contributed by atoms with E-state index in [1.165, 1.54) is 0 Å². The second kappa shape index (κ2) is 9.06. The molecule has 0 aliphatic carbocycles. The maximum Gasteiger partial charge on any atom is 0.203 e. The van der Waals surface area contributed by atoms with Crippen molar-refractivity contribution in [3.63, 3.8) is 0 Å². The Hall–Kier alpha value is -2.31. The highest BCUT2D eigenvalue weighted by atomic mass is 16.5. The number of rotatable bonds is 6. The minimum atomic E-state index is -0.0137. The number of ether oxygens (including phenoxy) is 3. The Balaban J connectivity index is 2.13. The van der Waals surface area contributed by atoms with Gasteiger partial charge in [0.05, 0.1) is 33.1 Å². The van der Waals surface area contributed by atoms with E-state index in [2.05, 4.69) is 35.3 Å². The maximum absolute atomic E-state index is 5.78. The lowest BCUT2D eigenvalue weighted by molar-refractivity contribution is 0.230. The molecule has 1 N–H and O–H groups in total. The van der Waals surface area contributed by atoms with Crippen LogP contribution in [-0.2, 0) is 0 Å². The lowest BCUT2D eigenvalue weighted by atomic mass is 9.98. The largest absolute Gasteiger partial charge is 0.493 e. The average Bonchev–Trinajstić information content (AvgIpc) is 2.98. The molecule has 0 amide bonds. The highest BCUT2D eigenvalue weighted by Gasteiger charge is 2.29. The lowest BCUT2D eigenvalue weighted by Crippen LogP contribution is -2.33. The summed E-state index contributed by atoms with van der Waals surface area (Å²) in [6.45, 7) is 5.98. The van der Waals surface area contributed by atoms with Crippen molar-refractivity contribution < 1.29 is 14.2 Å². The standard InChI is InChI=1S/C21H29N3O3/c1-15-6-8-17(23-14-15)19(24-12-5-10-22-11-13-24)16-7-9-18(25-2)21(27-4)20(16)26-3/h6-9,14,19,22H,5,10-13H2,1-4H3. The Morgan fingerprint density at radius 2 is 1.78 bits per heavy atom. The van der Waals surface area contributed by atoms with Crippen molar-refractivity contribution in [2.24, 2.45) is 0 Å². The molecule has 6 nitrogen and oxygen atoms in total. The van der Waals surface area contributed by atoms with E-state index in [1.807, 2.05) is 12.3 Å². The van der Waals surface area contributed by atoms with Gasteiger partial charge in [-0.15, -0.1) is 0 Å². The molecule has 3 rings (SSSR count). The molecule has 1 saturated heterocycles. The Bertz CT molecular complexity index is 741. The molecule has 27 heavy (non-hydrogen) atoms. The van der Waals surface area contributed by atoms with Crippen molar-refractivity contribution in [1.82, 2.24) is 15.2 Å². The first-order valence-electron chi connectivity index (χ1n) is 9.35. The summed E-state index contributed by atoms with van der Waals surface area (Å²) >= 11 is 0. The Morgan fingerprint density at radius 3 is 2.44 bits per heavy atom. The zero-order valence-electron chi connectivity index (χ0n) is 16.6. The van der Waals surface area contributed by atoms with E-state index in [-0.39, 0.29) is 6.04 Å². The van der Waals surface area contributed by atoms with Crippen LogP contribution in [0.3, 0.4) is 0 Å². The van der Waals surface area contributed by atoms with Gasteiger partial charge in [0, 0.05) is 31.4 Å². The monoisotopic (exact) mass is 371 g/mol. The van der Waals surface area contributed by atoms with E-state index in [1.54, 1.807) is 21.3 Å². The fourth-order valence-electron chi connectivity index (χ4n) is 3.65. The van der Waals surface area contributed by atoms with Gasteiger partial charge in [0.15, 0.2) is 11.5 Å². The van der Waals surface area contributed by atoms with Gasteiger partial charge >= 0.3 is 0 Å². The molecule has 1 aromatic carbocycles. The van der Waals surface area contributed by atoms with Gasteiger partial charge in [-0.1, -0.05) is 6.07 Å². The predicted molar refractivity (Wildman–Crippen MR) is 106 cm³/mol. The molecule has 2 aromatic rings. The van der Waals surface area contributed by atoms with E-state index in [0.29, 0.717) is 17.2 Å². The van der Waals surface area contributed by atoms with Crippen LogP contribution in [0.25, 0.3) is 0 Å². The number of benzene rings is 1. The summed E-state index contributed by atoms with van der Waals surface area (Å²) in [5.41, 5.74) is 3.19. The zero-order valence-corrected chi connectivity index (χ0v) is 16.6. The molecule has 1 aromatic heterocycles. The van der Waals surface area contributed by atoms with Crippen molar-refractivity contribution in [2.75, 3.05) is 47.5 Å². The van der Waals surface area contributed by atoms with E-state index < -0.39 is 0 Å². The second-order valence-corrected chi connectivity index (χ2v) is 6.73. The first-order valence-corrected chi connectivity index (χ1v) is 9.35. The van der Waals surface area contributed by atoms with Gasteiger partial charge < -0.3 is 19.5 Å². The number of pyridine rings is 1. The summed E-state index contributed by atoms with van der Waals surface area (Å²) in [6, 6.07) is 8.20. The van der Waals surface area contributed by atoms with Gasteiger partial charge in [-0.2, -0.15) is 0 Å². The van der Waals surface area contributed by atoms with Crippen molar-refractivity contribution in [3.05, 3.63) is 47.3 Å². The number of nitrogens with one attached hydrogen (secondary N) is 1. The fourth-order valence-corrected chi connectivity index (χ4v) is 3.65. The number of aromatic nitrogens is 1. The highest BCUT2D eigenvalue weighted by molar-refractivity contribution is 5.57. The van der Waals surface area contributed by atoms with E-state index in [4.69, 9.17) is 19.2 Å². The molecule has 146 valence electrons. The number of hydrogen-bond donors (Lipinski definition) is 1. The summed E-state index contributed by atoms with van der Waals surface area (Å²) in [6.07, 6.45) is 3.02. The van der Waals surface area contributed by atoms with Crippen LogP contribution in [0.1, 0.15) is 29.3 Å². The molecule has 0 spiro atoms. The van der Waals surface area contributed by atoms with Crippen molar-refractivity contribution in [1.29, 1.82) is 0 Å². The van der Waals surface area contributed by atoms with Crippen LogP contribution in [-0.4, -0.2) is 57.4 Å². The number of hydrogen-bond acceptors (Lipinski definition) is 6. The van der Waals surface area contributed by atoms with Gasteiger partial charge in [-0.3, -0.25) is 9.88 Å². The minimum Gasteiger partial charge on any atom is -0.493 e. The Labute approximate surface area is 161 Å². The third-order valence-electron chi connectivity index (χ3n) is 4.98. The quantitative estimate of drug-likeness (QED) is 0.843. The van der Waals surface area contributed by atoms with Crippen molar-refractivity contribution in [3.8, 4) is 17.2 Å². The Morgan fingerprint density at radius 1 is 0.963 bits per heavy atom. The second-order valence-electron chi connectivity index (χ2n) is 6.73. The molecule has 1 fully saturated rings. The van der Waals surface area contributed by atoms with Crippen LogP contribution in [0.5, 0.6) is 17.2 Å². The minimum absolute atomic E-state index is 0.0137. The third kappa shape index (κ3) is 4.17. The van der Waals surface area contributed by atoms with Crippen LogP contribution in [0.2, 0.25) is 0 Å². The van der Waals surface area contributed by atoms with Crippen LogP contribution in [0.15, 0.2) is 30.5 Å². The molecular formula is C21H29N3O3. The van der Waals surface area contributed by atoms with E-state index in [0.717, 1.165) is 49.4 Å². The first kappa shape index (κ1) is 19.5. The smallest absolute Gasteiger partial charge is 0.203 e. The van der Waals surface area contributed by atoms with Crippen molar-refractivity contribution in [2.45, 2.75) is 19.4 Å². The van der Waals surface area contributed by atoms with Gasteiger partial charge in [0.25, 0.3) is 0 Å². The molecule has 0 bridgehead atoms. The van der Waals surface area contributed by atoms with Gasteiger partial charge in [0.1, 0.15) is 0 Å². The summed E-state index contributed by atoms with van der Waals surface area (Å²) in [7, 11) is 4.94. The summed E-state index contributed by atoms with van der Waals surface area (Å²) in [5.74, 6) is 1.97. The average molecular weight is 371 g/mol. The molecule has 6 heteroatoms. The van der Waals surface area contributed by atoms with Crippen molar-refractivity contribution >= 4 is 0 Å². The van der Waals surface area contributed by atoms with E-state index in [9.17, 15) is 0 Å². The van der Waals surface area contributed by atoms with Crippen LogP contribution in [0, 0.1) is 6.92 Å². The molecule has 0 saturated carbocycles. The zero-order chi connectivity index (χ0) is 19.2. The first-order chi connectivity index (χ1) is 13.2. The number of aryl methyl sites for hydroxylation is 1. The molecular weight excluding hydrogens is 342 g/mol. The molecule has 1 aliphatic rings. The highest BCUT2D eigenvalue weighted by Crippen LogP contribution is 2.44. The maximum atomic E-state index is 5.78. The van der Waals surface area contributed by atoms with Gasteiger partial charge in [0.2, 0.25) is 5.75 Å². The summed E-state index contributed by atoms with van der Waals surface area (Å²) < 4.78 is 16.9. The van der Waals surface area contributed by atoms with Gasteiger partial charge in [-0.25, -0.2) is 0 Å². The third-order valence-corrected chi connectivity index (χ3v) is 4.98. The summed E-state index contributed by atoms with van der Waals surface area (Å²) in [4.78, 5) is 7.20. The van der Waals surface area contributed by atoms with Crippen LogP contribution < -0.4 is 19.5 Å². The van der Waals surface area contributed by atoms with Crippen LogP contribution >= 0.6 is 0 Å². The lowest BCUT2D eigenvalue weighted by Gasteiger charge is -2.32. The van der Waals surface area contributed by atoms with E-state index >= 15 is 0 Å². The normalized spacial score (nSPS) is 16.4. The SMILES string of the molecule is COc1ccc(C(c2ccc(C)cn2)N2CCCNCC2)c(OC)c1OC. The fraction of sp³-hybridized carbons (Fsp3) is 0.476. The van der Waals surface area contributed by atoms with Crippen LogP contribution in [0.4, 0.5) is 0 Å². The predicted octanol–water partition coefficient (Wildman–Crippen LogP) is 2.80. The topological polar surface area (TPSA) is 55.9 Å². The summed E-state index contributed by atoms with van der Waals surface area (Å²) in [5, 5.41) is 3.48. The molecule has 2 heterocycles. The number of nitrogens with zero attached hydrogens (tertiary/aromatic N) is 2. The van der Waals surface area contributed by atoms with Gasteiger partial charge in [-0.05, 0) is 43.7 Å². The molecule has 0 radical (unpaired) electrons. The Kier molecular flexibility index (Phi) is 6.53. The molecule has 1 atom stereocenters. The molecule has 1 aliphatic heterocycles. The molecule has 1 unspecified atom stereocenters. The number of methoxy groups -OCH3 is 3.